The zero-order valence-electron chi connectivity index (χ0n) is 23.7. The van der Waals surface area contributed by atoms with E-state index in [0.29, 0.717) is 0 Å². The van der Waals surface area contributed by atoms with Crippen LogP contribution in [0.25, 0.3) is 0 Å². The Kier molecular flexibility index (Phi) is 20.6. The first-order chi connectivity index (χ1) is 16.3. The highest BCUT2D eigenvalue weighted by Crippen LogP contribution is 2.32. The van der Waals surface area contributed by atoms with Gasteiger partial charge in [0, 0.05) is 0 Å². The zero-order valence-corrected chi connectivity index (χ0v) is 23.7. The molecule has 0 bridgehead atoms. The second-order valence-electron chi connectivity index (χ2n) is 10.7. The highest BCUT2D eigenvalue weighted by molar-refractivity contribution is 5.74. The van der Waals surface area contributed by atoms with Crippen LogP contribution in [0.4, 0.5) is 0 Å². The van der Waals surface area contributed by atoms with Gasteiger partial charge in [0.2, 0.25) is 0 Å². The van der Waals surface area contributed by atoms with E-state index in [1.807, 2.05) is 6.92 Å². The van der Waals surface area contributed by atoms with Crippen molar-refractivity contribution in [3.05, 3.63) is 0 Å². The van der Waals surface area contributed by atoms with E-state index in [1.54, 1.807) is 0 Å². The summed E-state index contributed by atoms with van der Waals surface area (Å²) in [6, 6.07) is 0. The molecule has 0 aromatic rings. The third-order valence-electron chi connectivity index (χ3n) is 7.11. The molecular weight excluding hydrogens is 424 g/mol. The molecule has 0 radical (unpaired) electrons. The Labute approximate surface area is 212 Å². The van der Waals surface area contributed by atoms with Gasteiger partial charge in [-0.2, -0.15) is 0 Å². The molecule has 0 aliphatic rings. The minimum atomic E-state index is -0.414. The van der Waals surface area contributed by atoms with Crippen molar-refractivity contribution in [1.82, 2.24) is 0 Å². The number of rotatable bonds is 23. The van der Waals surface area contributed by atoms with E-state index in [-0.39, 0.29) is 37.0 Å². The Hall–Kier alpha value is -1.06. The number of ether oxygens (including phenoxy) is 2. The summed E-state index contributed by atoms with van der Waals surface area (Å²) in [6.45, 7) is 12.9. The molecule has 0 N–H and O–H groups in total. The maximum atomic E-state index is 12.9. The van der Waals surface area contributed by atoms with Crippen LogP contribution in [0.3, 0.4) is 0 Å². The molecule has 34 heavy (non-hydrogen) atoms. The van der Waals surface area contributed by atoms with Crippen molar-refractivity contribution in [3.63, 3.8) is 0 Å². The molecule has 202 valence electrons. The van der Waals surface area contributed by atoms with Gasteiger partial charge in [-0.05, 0) is 63.2 Å². The molecule has 0 unspecified atom stereocenters. The Morgan fingerprint density at radius 3 is 1.09 bits per heavy atom. The van der Waals surface area contributed by atoms with Gasteiger partial charge in [-0.25, -0.2) is 0 Å². The molecule has 0 saturated heterocycles. The first-order valence-corrected chi connectivity index (χ1v) is 14.7. The van der Waals surface area contributed by atoms with Crippen LogP contribution in [0.5, 0.6) is 0 Å². The summed E-state index contributed by atoms with van der Waals surface area (Å²) in [6.07, 6.45) is 19.0. The second kappa shape index (κ2) is 21.2. The van der Waals surface area contributed by atoms with Crippen LogP contribution in [0.15, 0.2) is 0 Å². The quantitative estimate of drug-likeness (QED) is 0.107. The fraction of sp³-hybridized carbons (Fsp3) is 0.933. The minimum Gasteiger partial charge on any atom is -0.462 e. The number of hydrogen-bond donors (Lipinski definition) is 0. The van der Waals surface area contributed by atoms with Gasteiger partial charge >= 0.3 is 11.9 Å². The molecule has 0 aliphatic heterocycles. The third kappa shape index (κ3) is 17.4. The Bertz CT molecular complexity index is 442. The number of hydrogen-bond acceptors (Lipinski definition) is 4. The van der Waals surface area contributed by atoms with Gasteiger partial charge in [0.05, 0.1) is 12.8 Å². The van der Waals surface area contributed by atoms with Crippen LogP contribution < -0.4 is 0 Å². The van der Waals surface area contributed by atoms with Crippen molar-refractivity contribution in [2.75, 3.05) is 0 Å². The molecule has 4 heteroatoms. The van der Waals surface area contributed by atoms with E-state index < -0.39 is 5.41 Å². The highest BCUT2D eigenvalue weighted by Gasteiger charge is 2.32. The van der Waals surface area contributed by atoms with E-state index in [1.165, 1.54) is 51.4 Å². The number of carbonyl (C=O) groups excluding carboxylic acids is 2. The van der Waals surface area contributed by atoms with E-state index in [9.17, 15) is 9.59 Å². The molecule has 0 heterocycles. The van der Waals surface area contributed by atoms with E-state index in [0.717, 1.165) is 57.8 Å². The lowest BCUT2D eigenvalue weighted by atomic mass is 9.81. The van der Waals surface area contributed by atoms with E-state index in [2.05, 4.69) is 34.6 Å². The molecule has 4 nitrogen and oxygen atoms in total. The normalized spacial score (nSPS) is 11.9. The van der Waals surface area contributed by atoms with Gasteiger partial charge < -0.3 is 9.47 Å². The highest BCUT2D eigenvalue weighted by atomic mass is 16.5. The molecule has 0 atom stereocenters. The summed E-state index contributed by atoms with van der Waals surface area (Å²) < 4.78 is 11.9. The maximum absolute atomic E-state index is 12.9. The molecule has 0 amide bonds. The third-order valence-corrected chi connectivity index (χ3v) is 7.11. The first kappa shape index (κ1) is 32.9. The maximum Gasteiger partial charge on any atom is 0.306 e. The number of unbranched alkanes of at least 4 members (excludes halogenated alkanes) is 8. The van der Waals surface area contributed by atoms with Crippen molar-refractivity contribution in [3.8, 4) is 0 Å². The molecule has 0 aliphatic carbocycles. The summed E-state index contributed by atoms with van der Waals surface area (Å²) in [7, 11) is 0. The lowest BCUT2D eigenvalue weighted by Gasteiger charge is -2.28. The van der Waals surface area contributed by atoms with Crippen LogP contribution in [-0.2, 0) is 19.1 Å². The second-order valence-corrected chi connectivity index (χ2v) is 10.7. The van der Waals surface area contributed by atoms with Crippen LogP contribution in [0.1, 0.15) is 164 Å². The van der Waals surface area contributed by atoms with Crippen molar-refractivity contribution < 1.29 is 19.1 Å². The Morgan fingerprint density at radius 2 is 0.853 bits per heavy atom. The van der Waals surface area contributed by atoms with Crippen molar-refractivity contribution in [2.45, 2.75) is 176 Å². The first-order valence-electron chi connectivity index (χ1n) is 14.7. The van der Waals surface area contributed by atoms with Crippen molar-refractivity contribution in [1.29, 1.82) is 0 Å². The summed E-state index contributed by atoms with van der Waals surface area (Å²) in [5.74, 6) is -0.310. The average molecular weight is 483 g/mol. The molecular formula is C30H58O4. The van der Waals surface area contributed by atoms with Gasteiger partial charge in [-0.15, -0.1) is 0 Å². The molecule has 0 aromatic heterocycles. The summed E-state index contributed by atoms with van der Waals surface area (Å²) in [5, 5.41) is 0. The Balaban J connectivity index is 4.86. The van der Waals surface area contributed by atoms with Crippen molar-refractivity contribution in [2.24, 2.45) is 5.41 Å². The SMILES string of the molecule is CCCCCC(CCCCC)OC(=O)CC(C)(CC)CC(=O)OC(CCCCC)CCCCC. The number of esters is 2. The fourth-order valence-corrected chi connectivity index (χ4v) is 4.48. The topological polar surface area (TPSA) is 52.6 Å². The predicted molar refractivity (Wildman–Crippen MR) is 144 cm³/mol. The zero-order chi connectivity index (χ0) is 25.7. The molecule has 0 rings (SSSR count). The van der Waals surface area contributed by atoms with Gasteiger partial charge in [0.25, 0.3) is 0 Å². The molecule has 0 spiro atoms. The molecule has 0 saturated carbocycles. The van der Waals surface area contributed by atoms with Crippen molar-refractivity contribution >= 4 is 11.9 Å². The largest absolute Gasteiger partial charge is 0.462 e. The van der Waals surface area contributed by atoms with Crippen LogP contribution >= 0.6 is 0 Å². The lowest BCUT2D eigenvalue weighted by molar-refractivity contribution is -0.156. The van der Waals surface area contributed by atoms with Crippen LogP contribution in [0, 0.1) is 5.41 Å². The fourth-order valence-electron chi connectivity index (χ4n) is 4.48. The van der Waals surface area contributed by atoms with Crippen LogP contribution in [-0.4, -0.2) is 24.1 Å². The summed E-state index contributed by atoms with van der Waals surface area (Å²) in [4.78, 5) is 25.7. The monoisotopic (exact) mass is 482 g/mol. The van der Waals surface area contributed by atoms with E-state index in [4.69, 9.17) is 9.47 Å². The van der Waals surface area contributed by atoms with E-state index >= 15 is 0 Å². The standard InChI is InChI=1S/C30H58O4/c1-7-12-16-20-26(21-17-13-8-2)33-28(31)24-30(6,11-5)25-29(32)34-27(22-18-14-9-3)23-19-15-10-4/h26-27H,7-25H2,1-6H3. The summed E-state index contributed by atoms with van der Waals surface area (Å²) >= 11 is 0. The molecule has 0 fully saturated rings. The van der Waals surface area contributed by atoms with Crippen LogP contribution in [0.2, 0.25) is 0 Å². The van der Waals surface area contributed by atoms with Gasteiger partial charge in [0.1, 0.15) is 12.2 Å². The van der Waals surface area contributed by atoms with Gasteiger partial charge in [0.15, 0.2) is 0 Å². The van der Waals surface area contributed by atoms with Gasteiger partial charge in [-0.1, -0.05) is 92.9 Å². The van der Waals surface area contributed by atoms with Gasteiger partial charge in [-0.3, -0.25) is 9.59 Å². The summed E-state index contributed by atoms with van der Waals surface area (Å²) in [5.41, 5.74) is -0.414. The minimum absolute atomic E-state index is 0.0140. The average Bonchev–Trinajstić information content (AvgIpc) is 2.79. The predicted octanol–water partition coefficient (Wildman–Crippen LogP) is 9.33. The lowest BCUT2D eigenvalue weighted by Crippen LogP contribution is -2.29. The smallest absolute Gasteiger partial charge is 0.306 e. The number of carbonyl (C=O) groups is 2. The Morgan fingerprint density at radius 1 is 0.559 bits per heavy atom. The molecule has 0 aromatic carbocycles.